The zero-order chi connectivity index (χ0) is 5.91. The summed E-state index contributed by atoms with van der Waals surface area (Å²) >= 11 is 0. The van der Waals surface area contributed by atoms with E-state index in [1.54, 1.807) is 0 Å². The molecule has 0 aliphatic carbocycles. The molecule has 0 aromatic rings. The topological polar surface area (TPSA) is 9.23 Å². The summed E-state index contributed by atoms with van der Waals surface area (Å²) in [5.41, 5.74) is 0. The second-order valence-corrected chi connectivity index (χ2v) is 8.50. The van der Waals surface area contributed by atoms with E-state index in [2.05, 4.69) is 26.2 Å². The maximum Gasteiger partial charge on any atom is 0.169 e. The summed E-state index contributed by atoms with van der Waals surface area (Å²) in [5.74, 6) is 0. The van der Waals surface area contributed by atoms with Gasteiger partial charge in [-0.25, -0.2) is 0 Å². The first-order chi connectivity index (χ1) is 3.06. The summed E-state index contributed by atoms with van der Waals surface area (Å²) < 4.78 is 5.51. The normalized spacial score (nSPS) is 12.0. The molecule has 0 heterocycles. The van der Waals surface area contributed by atoms with Crippen LogP contribution in [-0.2, 0) is 22.7 Å². The first-order valence-electron chi connectivity index (χ1n) is 2.70. The molecule has 49 valence electrons. The summed E-state index contributed by atoms with van der Waals surface area (Å²) in [6.45, 7) is 8.86. The molecule has 0 aliphatic heterocycles. The summed E-state index contributed by atoms with van der Waals surface area (Å²) in [6.07, 6.45) is 0. The summed E-state index contributed by atoms with van der Waals surface area (Å²) in [5, 5.41) is 0. The van der Waals surface area contributed by atoms with Crippen LogP contribution < -0.4 is 0 Å². The Kier molecular flexibility index (Phi) is 7.07. The van der Waals surface area contributed by atoms with E-state index in [0.29, 0.717) is 0 Å². The summed E-state index contributed by atoms with van der Waals surface area (Å²) in [4.78, 5) is 0. The van der Waals surface area contributed by atoms with Gasteiger partial charge in [0, 0.05) is 18.6 Å². The van der Waals surface area contributed by atoms with Crippen molar-refractivity contribution in [3.63, 3.8) is 0 Å². The zero-order valence-electron chi connectivity index (χ0n) is 6.06. The maximum absolute atomic E-state index is 5.51. The number of hydrogen-bond donors (Lipinski definition) is 0. The Bertz CT molecular complexity index is 52.5. The molecule has 0 fully saturated rings. The maximum atomic E-state index is 5.51. The van der Waals surface area contributed by atoms with Crippen molar-refractivity contribution < 1.29 is 22.7 Å². The van der Waals surface area contributed by atoms with Crippen molar-refractivity contribution in [2.45, 2.75) is 26.2 Å². The van der Waals surface area contributed by atoms with Crippen LogP contribution in [0.15, 0.2) is 0 Å². The fourth-order valence-corrected chi connectivity index (χ4v) is 3.90. The monoisotopic (exact) mass is 185 g/mol. The van der Waals surface area contributed by atoms with Gasteiger partial charge in [-0.15, -0.1) is 0 Å². The van der Waals surface area contributed by atoms with Gasteiger partial charge < -0.3 is 4.12 Å². The minimum Gasteiger partial charge on any atom is -0.461 e. The second kappa shape index (κ2) is 4.82. The van der Waals surface area contributed by atoms with Crippen molar-refractivity contribution in [1.82, 2.24) is 0 Å². The Morgan fingerprint density at radius 3 is 1.62 bits per heavy atom. The molecule has 4 heteroatoms. The SMILES string of the molecule is C[SiH2]O[Si](C)(C)C.[V]. The van der Waals surface area contributed by atoms with Crippen LogP contribution in [0.2, 0.25) is 26.2 Å². The van der Waals surface area contributed by atoms with Crippen molar-refractivity contribution in [3.05, 3.63) is 0 Å². The molecule has 1 radical (unpaired) electrons. The summed E-state index contributed by atoms with van der Waals surface area (Å²) in [6, 6.07) is 0. The van der Waals surface area contributed by atoms with Gasteiger partial charge in [0.2, 0.25) is 0 Å². The molecule has 8 heavy (non-hydrogen) atoms. The third-order valence-corrected chi connectivity index (χ3v) is 5.20. The van der Waals surface area contributed by atoms with Gasteiger partial charge in [0.05, 0.1) is 0 Å². The van der Waals surface area contributed by atoms with E-state index < -0.39 is 8.32 Å². The van der Waals surface area contributed by atoms with E-state index in [4.69, 9.17) is 4.12 Å². The first kappa shape index (κ1) is 11.7. The number of hydrogen-bond acceptors (Lipinski definition) is 1. The van der Waals surface area contributed by atoms with Crippen LogP contribution >= 0.6 is 0 Å². The minimum absolute atomic E-state index is 0. The van der Waals surface area contributed by atoms with E-state index in [0.717, 1.165) is 0 Å². The van der Waals surface area contributed by atoms with Crippen molar-refractivity contribution in [1.29, 1.82) is 0 Å². The molecule has 0 bridgehead atoms. The molecule has 0 saturated carbocycles. The van der Waals surface area contributed by atoms with Crippen molar-refractivity contribution in [3.8, 4) is 0 Å². The largest absolute Gasteiger partial charge is 0.461 e. The molecule has 0 atom stereocenters. The Hall–Kier alpha value is 0.978. The molecule has 0 aromatic heterocycles. The Morgan fingerprint density at radius 1 is 1.25 bits per heavy atom. The first-order valence-corrected chi connectivity index (χ1v) is 8.10. The minimum atomic E-state index is -1.10. The van der Waals surface area contributed by atoms with E-state index in [9.17, 15) is 0 Å². The van der Waals surface area contributed by atoms with Gasteiger partial charge in [-0.2, -0.15) is 0 Å². The fourth-order valence-electron chi connectivity index (χ4n) is 0.433. The molecule has 1 nitrogen and oxygen atoms in total. The van der Waals surface area contributed by atoms with Gasteiger partial charge >= 0.3 is 0 Å². The predicted molar refractivity (Wildman–Crippen MR) is 38.8 cm³/mol. The third kappa shape index (κ3) is 10.1. The van der Waals surface area contributed by atoms with Crippen LogP contribution in [0.3, 0.4) is 0 Å². The third-order valence-electron chi connectivity index (χ3n) is 0.577. The quantitative estimate of drug-likeness (QED) is 0.582. The predicted octanol–water partition coefficient (Wildman–Crippen LogP) is 0.967. The molecule has 0 N–H and O–H groups in total. The van der Waals surface area contributed by atoms with Crippen LogP contribution in [-0.4, -0.2) is 18.1 Å². The van der Waals surface area contributed by atoms with Crippen molar-refractivity contribution >= 4 is 18.1 Å². The average Bonchev–Trinajstić information content (AvgIpc) is 1.30. The van der Waals surface area contributed by atoms with Crippen LogP contribution in [0, 0.1) is 0 Å². The molecule has 0 amide bonds. The van der Waals surface area contributed by atoms with Gasteiger partial charge in [0.15, 0.2) is 8.32 Å². The van der Waals surface area contributed by atoms with Gasteiger partial charge in [0.1, 0.15) is 9.76 Å². The van der Waals surface area contributed by atoms with Crippen LogP contribution in [0.25, 0.3) is 0 Å². The Balaban J connectivity index is 0. The molecular weight excluding hydrogens is 171 g/mol. The van der Waals surface area contributed by atoms with Crippen molar-refractivity contribution in [2.75, 3.05) is 0 Å². The van der Waals surface area contributed by atoms with Crippen LogP contribution in [0.4, 0.5) is 0 Å². The fraction of sp³-hybridized carbons (Fsp3) is 1.00. The number of rotatable bonds is 2. The second-order valence-electron chi connectivity index (χ2n) is 2.55. The molecule has 0 saturated heterocycles. The van der Waals surface area contributed by atoms with E-state index in [1.807, 2.05) is 0 Å². The Labute approximate surface area is 67.2 Å². The van der Waals surface area contributed by atoms with E-state index in [-0.39, 0.29) is 28.3 Å². The molecular formula is C4H14OSi2V. The van der Waals surface area contributed by atoms with Gasteiger partial charge in [-0.1, -0.05) is 6.55 Å². The Morgan fingerprint density at radius 2 is 1.62 bits per heavy atom. The van der Waals surface area contributed by atoms with Crippen molar-refractivity contribution in [2.24, 2.45) is 0 Å². The molecule has 0 aromatic carbocycles. The summed E-state index contributed by atoms with van der Waals surface area (Å²) in [7, 11) is -1.22. The molecule has 0 aliphatic rings. The molecule has 0 spiro atoms. The zero-order valence-corrected chi connectivity index (χ0v) is 9.87. The van der Waals surface area contributed by atoms with Crippen LogP contribution in [0.1, 0.15) is 0 Å². The van der Waals surface area contributed by atoms with E-state index >= 15 is 0 Å². The van der Waals surface area contributed by atoms with Crippen LogP contribution in [0.5, 0.6) is 0 Å². The van der Waals surface area contributed by atoms with Gasteiger partial charge in [0.25, 0.3) is 0 Å². The molecule has 0 rings (SSSR count). The van der Waals surface area contributed by atoms with E-state index in [1.165, 1.54) is 0 Å². The standard InChI is InChI=1S/C4H14OSi2.V/c1-6-5-7(2,3)4;/h6H2,1-4H3;. The smallest absolute Gasteiger partial charge is 0.169 e. The molecule has 0 unspecified atom stereocenters. The average molecular weight is 185 g/mol. The van der Waals surface area contributed by atoms with Gasteiger partial charge in [-0.05, 0) is 19.6 Å². The van der Waals surface area contributed by atoms with Gasteiger partial charge in [-0.3, -0.25) is 0 Å².